The number of hydrogen-bond donors (Lipinski definition) is 1. The predicted molar refractivity (Wildman–Crippen MR) is 112 cm³/mol. The van der Waals surface area contributed by atoms with Crippen molar-refractivity contribution < 1.29 is 22.7 Å². The first-order chi connectivity index (χ1) is 15.4. The van der Waals surface area contributed by atoms with Gasteiger partial charge >= 0.3 is 6.18 Å². The predicted octanol–water partition coefficient (Wildman–Crippen LogP) is 4.73. The summed E-state index contributed by atoms with van der Waals surface area (Å²) >= 11 is 0. The van der Waals surface area contributed by atoms with Crippen molar-refractivity contribution in [3.05, 3.63) is 89.1 Å². The van der Waals surface area contributed by atoms with Crippen LogP contribution in [0, 0.1) is 0 Å². The second-order valence-corrected chi connectivity index (χ2v) is 8.06. The Bertz CT molecular complexity index is 1410. The van der Waals surface area contributed by atoms with Crippen LogP contribution < -0.4 is 10.1 Å². The maximum absolute atomic E-state index is 13.4. The Hall–Kier alpha value is -3.81. The third-order valence-electron chi connectivity index (χ3n) is 6.31. The average Bonchev–Trinajstić information content (AvgIpc) is 3.42. The highest BCUT2D eigenvalue weighted by atomic mass is 19.4. The van der Waals surface area contributed by atoms with Gasteiger partial charge in [0.2, 0.25) is 5.91 Å². The molecule has 5 nitrogen and oxygen atoms in total. The van der Waals surface area contributed by atoms with Crippen LogP contribution in [-0.2, 0) is 22.9 Å². The molecule has 6 rings (SSSR count). The van der Waals surface area contributed by atoms with E-state index in [1.54, 1.807) is 18.3 Å². The molecule has 3 heterocycles. The fourth-order valence-electron chi connectivity index (χ4n) is 4.77. The normalized spacial score (nSPS) is 19.2. The number of ether oxygens (including phenoxy) is 1. The number of aromatic nitrogens is 2. The van der Waals surface area contributed by atoms with Crippen molar-refractivity contribution in [3.63, 3.8) is 0 Å². The van der Waals surface area contributed by atoms with Crippen LogP contribution in [0.1, 0.15) is 22.3 Å². The van der Waals surface area contributed by atoms with E-state index in [0.717, 1.165) is 28.3 Å². The van der Waals surface area contributed by atoms with Crippen LogP contribution in [0.4, 0.5) is 18.9 Å². The molecule has 0 fully saturated rings. The largest absolute Gasteiger partial charge is 0.491 e. The lowest BCUT2D eigenvalue weighted by Gasteiger charge is -2.20. The first kappa shape index (κ1) is 18.9. The van der Waals surface area contributed by atoms with E-state index >= 15 is 0 Å². The molecule has 1 aromatic heterocycles. The van der Waals surface area contributed by atoms with Gasteiger partial charge in [-0.2, -0.15) is 18.3 Å². The standard InChI is InChI=1S/C24H16F3N3O2/c25-24(26,27)16-6-2-1-5-14(16)12-30-20-10-21-18(9-15(20)11-28-30)23(13-32-21)17-7-3-4-8-19(17)29-22(23)31/h1-11H,12-13H2,(H,29,31). The van der Waals surface area contributed by atoms with Gasteiger partial charge in [-0.05, 0) is 29.3 Å². The molecule has 32 heavy (non-hydrogen) atoms. The van der Waals surface area contributed by atoms with Crippen LogP contribution in [-0.4, -0.2) is 22.3 Å². The fraction of sp³-hybridized carbons (Fsp3) is 0.167. The van der Waals surface area contributed by atoms with E-state index in [2.05, 4.69) is 10.4 Å². The van der Waals surface area contributed by atoms with Crippen molar-refractivity contribution in [3.8, 4) is 5.75 Å². The highest BCUT2D eigenvalue weighted by Crippen LogP contribution is 2.50. The molecule has 0 saturated carbocycles. The van der Waals surface area contributed by atoms with Crippen molar-refractivity contribution in [1.29, 1.82) is 0 Å². The van der Waals surface area contributed by atoms with Gasteiger partial charge in [-0.3, -0.25) is 9.48 Å². The molecular weight excluding hydrogens is 419 g/mol. The lowest BCUT2D eigenvalue weighted by Crippen LogP contribution is -2.37. The molecule has 0 saturated heterocycles. The minimum absolute atomic E-state index is 0.0353. The summed E-state index contributed by atoms with van der Waals surface area (Å²) in [6.45, 7) is 0.133. The number of para-hydroxylation sites is 1. The zero-order valence-corrected chi connectivity index (χ0v) is 16.6. The van der Waals surface area contributed by atoms with Gasteiger partial charge in [-0.15, -0.1) is 0 Å². The molecule has 2 aliphatic rings. The van der Waals surface area contributed by atoms with Gasteiger partial charge in [0.15, 0.2) is 0 Å². The summed E-state index contributed by atoms with van der Waals surface area (Å²) in [5.74, 6) is 0.388. The van der Waals surface area contributed by atoms with Gasteiger partial charge in [0.05, 0.1) is 23.8 Å². The van der Waals surface area contributed by atoms with Crippen LogP contribution in [0.3, 0.4) is 0 Å². The number of fused-ring (bicyclic) bond motifs is 5. The first-order valence-corrected chi connectivity index (χ1v) is 10.1. The number of alkyl halides is 3. The van der Waals surface area contributed by atoms with E-state index in [1.807, 2.05) is 30.3 Å². The Labute approximate surface area is 180 Å². The molecular formula is C24H16F3N3O2. The van der Waals surface area contributed by atoms with Gasteiger partial charge in [0.1, 0.15) is 17.8 Å². The minimum atomic E-state index is -4.44. The fourth-order valence-corrected chi connectivity index (χ4v) is 4.77. The lowest BCUT2D eigenvalue weighted by atomic mass is 9.77. The molecule has 1 spiro atoms. The van der Waals surface area contributed by atoms with E-state index in [-0.39, 0.29) is 24.6 Å². The molecule has 1 atom stereocenters. The monoisotopic (exact) mass is 435 g/mol. The number of halogens is 3. The first-order valence-electron chi connectivity index (χ1n) is 10.1. The summed E-state index contributed by atoms with van der Waals surface area (Å²) < 4.78 is 47.7. The number of amides is 1. The van der Waals surface area contributed by atoms with E-state index in [1.165, 1.54) is 16.8 Å². The number of anilines is 1. The summed E-state index contributed by atoms with van der Waals surface area (Å²) in [5, 5.41) is 7.99. The maximum Gasteiger partial charge on any atom is 0.416 e. The van der Waals surface area contributed by atoms with Crippen LogP contribution in [0.2, 0.25) is 0 Å². The SMILES string of the molecule is O=C1Nc2ccccc2C12COc1cc3c(cnn3Cc3ccccc3C(F)(F)F)cc12. The number of nitrogens with one attached hydrogen (secondary N) is 1. The highest BCUT2D eigenvalue weighted by molar-refractivity contribution is 6.10. The molecule has 3 aromatic carbocycles. The maximum atomic E-state index is 13.4. The number of rotatable bonds is 2. The molecule has 2 aliphatic heterocycles. The van der Waals surface area contributed by atoms with Gasteiger partial charge in [0, 0.05) is 22.7 Å². The number of benzene rings is 3. The van der Waals surface area contributed by atoms with Crippen molar-refractivity contribution in [2.45, 2.75) is 18.1 Å². The Morgan fingerprint density at radius 2 is 1.84 bits per heavy atom. The third kappa shape index (κ3) is 2.52. The highest BCUT2D eigenvalue weighted by Gasteiger charge is 2.53. The van der Waals surface area contributed by atoms with Crippen LogP contribution in [0.25, 0.3) is 10.9 Å². The second kappa shape index (κ2) is 6.35. The van der Waals surface area contributed by atoms with Crippen LogP contribution in [0.5, 0.6) is 5.75 Å². The van der Waals surface area contributed by atoms with E-state index in [9.17, 15) is 18.0 Å². The molecule has 1 amide bonds. The number of carbonyl (C=O) groups excluding carboxylic acids is 1. The van der Waals surface area contributed by atoms with Gasteiger partial charge in [-0.1, -0.05) is 36.4 Å². The van der Waals surface area contributed by atoms with Crippen molar-refractivity contribution in [2.24, 2.45) is 0 Å². The average molecular weight is 435 g/mol. The summed E-state index contributed by atoms with van der Waals surface area (Å²) in [4.78, 5) is 13.0. The Balaban J connectivity index is 1.46. The summed E-state index contributed by atoms with van der Waals surface area (Å²) in [7, 11) is 0. The minimum Gasteiger partial charge on any atom is -0.491 e. The molecule has 1 unspecified atom stereocenters. The molecule has 0 aliphatic carbocycles. The summed E-state index contributed by atoms with van der Waals surface area (Å²) in [6, 6.07) is 16.6. The molecule has 0 radical (unpaired) electrons. The topological polar surface area (TPSA) is 56.1 Å². The second-order valence-electron chi connectivity index (χ2n) is 8.06. The molecule has 4 aromatic rings. The van der Waals surface area contributed by atoms with E-state index < -0.39 is 17.2 Å². The third-order valence-corrected chi connectivity index (χ3v) is 6.31. The smallest absolute Gasteiger partial charge is 0.416 e. The van der Waals surface area contributed by atoms with Crippen molar-refractivity contribution in [2.75, 3.05) is 11.9 Å². The van der Waals surface area contributed by atoms with Gasteiger partial charge < -0.3 is 10.1 Å². The van der Waals surface area contributed by atoms with E-state index in [0.29, 0.717) is 11.3 Å². The Morgan fingerprint density at radius 3 is 2.69 bits per heavy atom. The summed E-state index contributed by atoms with van der Waals surface area (Å²) in [5.41, 5.74) is 1.51. The molecule has 1 N–H and O–H groups in total. The Kier molecular flexibility index (Phi) is 3.75. The molecule has 8 heteroatoms. The molecule has 0 bridgehead atoms. The number of hydrogen-bond acceptors (Lipinski definition) is 3. The molecule has 160 valence electrons. The number of nitrogens with zero attached hydrogens (tertiary/aromatic N) is 2. The van der Waals surface area contributed by atoms with E-state index in [4.69, 9.17) is 4.74 Å². The summed E-state index contributed by atoms with van der Waals surface area (Å²) in [6.07, 6.45) is -2.84. The van der Waals surface area contributed by atoms with Crippen LogP contribution in [0.15, 0.2) is 66.9 Å². The van der Waals surface area contributed by atoms with Crippen molar-refractivity contribution >= 4 is 22.5 Å². The van der Waals surface area contributed by atoms with Gasteiger partial charge in [0.25, 0.3) is 0 Å². The number of carbonyl (C=O) groups is 1. The van der Waals surface area contributed by atoms with Crippen molar-refractivity contribution in [1.82, 2.24) is 9.78 Å². The quantitative estimate of drug-likeness (QED) is 0.495. The van der Waals surface area contributed by atoms with Gasteiger partial charge in [-0.25, -0.2) is 0 Å². The zero-order chi connectivity index (χ0) is 22.1. The Morgan fingerprint density at radius 1 is 1.06 bits per heavy atom. The lowest BCUT2D eigenvalue weighted by molar-refractivity contribution is -0.138. The van der Waals surface area contributed by atoms with Crippen LogP contribution >= 0.6 is 0 Å². The zero-order valence-electron chi connectivity index (χ0n) is 16.6.